The number of benzene rings is 2. The highest BCUT2D eigenvalue weighted by atomic mass is 32.2. The number of rotatable bonds is 5. The van der Waals surface area contributed by atoms with Crippen LogP contribution in [0, 0.1) is 13.8 Å². The standard InChI is InChI=1S/C22H28N2O3S/c1-16-10-11-19(14-17(16)2)18(3)23-22(25)20-8-7-9-21(15-20)28(26,27)24-12-5-4-6-13-24/h7-11,14-15,18H,4-6,12-13H2,1-3H3,(H,23,25)/t18-/m0/s1. The summed E-state index contributed by atoms with van der Waals surface area (Å²) in [7, 11) is -3.56. The molecule has 0 spiro atoms. The summed E-state index contributed by atoms with van der Waals surface area (Å²) in [6.07, 6.45) is 2.82. The van der Waals surface area contributed by atoms with Crippen molar-refractivity contribution in [2.45, 2.75) is 51.0 Å². The van der Waals surface area contributed by atoms with Gasteiger partial charge in [0.25, 0.3) is 5.91 Å². The molecular weight excluding hydrogens is 372 g/mol. The summed E-state index contributed by atoms with van der Waals surface area (Å²) in [5.41, 5.74) is 3.76. The summed E-state index contributed by atoms with van der Waals surface area (Å²) < 4.78 is 27.3. The number of amides is 1. The molecule has 1 N–H and O–H groups in total. The summed E-state index contributed by atoms with van der Waals surface area (Å²) in [4.78, 5) is 12.9. The number of aryl methyl sites for hydroxylation is 2. The smallest absolute Gasteiger partial charge is 0.251 e. The number of hydrogen-bond acceptors (Lipinski definition) is 3. The molecule has 150 valence electrons. The third kappa shape index (κ3) is 4.45. The van der Waals surface area contributed by atoms with Crippen LogP contribution >= 0.6 is 0 Å². The van der Waals surface area contributed by atoms with Gasteiger partial charge in [-0.15, -0.1) is 0 Å². The van der Waals surface area contributed by atoms with Crippen molar-refractivity contribution in [1.82, 2.24) is 9.62 Å². The fourth-order valence-electron chi connectivity index (χ4n) is 3.45. The molecule has 0 unspecified atom stereocenters. The minimum atomic E-state index is -3.56. The predicted molar refractivity (Wildman–Crippen MR) is 111 cm³/mol. The second-order valence-corrected chi connectivity index (χ2v) is 9.47. The van der Waals surface area contributed by atoms with Crippen molar-refractivity contribution in [2.75, 3.05) is 13.1 Å². The molecule has 0 aromatic heterocycles. The first-order chi connectivity index (χ1) is 13.3. The Hall–Kier alpha value is -2.18. The van der Waals surface area contributed by atoms with Crippen molar-refractivity contribution >= 4 is 15.9 Å². The summed E-state index contributed by atoms with van der Waals surface area (Å²) >= 11 is 0. The summed E-state index contributed by atoms with van der Waals surface area (Å²) in [5, 5.41) is 2.97. The van der Waals surface area contributed by atoms with Crippen molar-refractivity contribution in [2.24, 2.45) is 0 Å². The van der Waals surface area contributed by atoms with E-state index in [1.807, 2.05) is 26.0 Å². The van der Waals surface area contributed by atoms with Crippen LogP contribution in [-0.4, -0.2) is 31.7 Å². The lowest BCUT2D eigenvalue weighted by molar-refractivity contribution is 0.0939. The first kappa shape index (κ1) is 20.6. The quantitative estimate of drug-likeness (QED) is 0.826. The lowest BCUT2D eigenvalue weighted by atomic mass is 10.0. The van der Waals surface area contributed by atoms with Gasteiger partial charge in [-0.25, -0.2) is 8.42 Å². The Bertz CT molecular complexity index is 963. The number of nitrogens with zero attached hydrogens (tertiary/aromatic N) is 1. The molecule has 1 aliphatic heterocycles. The van der Waals surface area contributed by atoms with E-state index in [0.29, 0.717) is 18.7 Å². The second-order valence-electron chi connectivity index (χ2n) is 7.53. The molecule has 5 nitrogen and oxygen atoms in total. The average Bonchev–Trinajstić information content (AvgIpc) is 2.70. The fraction of sp³-hybridized carbons (Fsp3) is 0.409. The molecule has 1 amide bonds. The van der Waals surface area contributed by atoms with Crippen LogP contribution in [-0.2, 0) is 10.0 Å². The number of nitrogens with one attached hydrogen (secondary N) is 1. The average molecular weight is 401 g/mol. The van der Waals surface area contributed by atoms with Gasteiger partial charge >= 0.3 is 0 Å². The van der Waals surface area contributed by atoms with E-state index < -0.39 is 10.0 Å². The van der Waals surface area contributed by atoms with Gasteiger partial charge in [-0.2, -0.15) is 4.31 Å². The van der Waals surface area contributed by atoms with Crippen molar-refractivity contribution in [1.29, 1.82) is 0 Å². The monoisotopic (exact) mass is 400 g/mol. The highest BCUT2D eigenvalue weighted by Crippen LogP contribution is 2.22. The second kappa shape index (κ2) is 8.45. The van der Waals surface area contributed by atoms with Crippen molar-refractivity contribution < 1.29 is 13.2 Å². The molecule has 1 fully saturated rings. The molecule has 3 rings (SSSR count). The molecular formula is C22H28N2O3S. The van der Waals surface area contributed by atoms with E-state index in [9.17, 15) is 13.2 Å². The zero-order chi connectivity index (χ0) is 20.3. The largest absolute Gasteiger partial charge is 0.346 e. The third-order valence-electron chi connectivity index (χ3n) is 5.43. The Morgan fingerprint density at radius 3 is 2.39 bits per heavy atom. The highest BCUT2D eigenvalue weighted by molar-refractivity contribution is 7.89. The van der Waals surface area contributed by atoms with Gasteiger partial charge < -0.3 is 5.32 Å². The molecule has 2 aromatic carbocycles. The maximum Gasteiger partial charge on any atom is 0.251 e. The van der Waals surface area contributed by atoms with E-state index in [4.69, 9.17) is 0 Å². The van der Waals surface area contributed by atoms with Gasteiger partial charge in [0.05, 0.1) is 10.9 Å². The molecule has 0 bridgehead atoms. The predicted octanol–water partition coefficient (Wildman–Crippen LogP) is 3.97. The van der Waals surface area contributed by atoms with Crippen LogP contribution in [0.1, 0.15) is 59.3 Å². The number of carbonyl (C=O) groups is 1. The molecule has 0 saturated carbocycles. The Labute approximate surface area is 167 Å². The van der Waals surface area contributed by atoms with Crippen LogP contribution in [0.4, 0.5) is 0 Å². The SMILES string of the molecule is Cc1ccc([C@H](C)NC(=O)c2cccc(S(=O)(=O)N3CCCCC3)c2)cc1C. The maximum atomic E-state index is 12.9. The lowest BCUT2D eigenvalue weighted by Gasteiger charge is -2.26. The summed E-state index contributed by atoms with van der Waals surface area (Å²) in [6.45, 7) is 7.11. The van der Waals surface area contributed by atoms with Crippen LogP contribution in [0.25, 0.3) is 0 Å². The molecule has 2 aromatic rings. The topological polar surface area (TPSA) is 66.5 Å². The first-order valence-corrected chi connectivity index (χ1v) is 11.2. The zero-order valence-corrected chi connectivity index (χ0v) is 17.6. The van der Waals surface area contributed by atoms with E-state index in [-0.39, 0.29) is 16.8 Å². The van der Waals surface area contributed by atoms with E-state index in [1.54, 1.807) is 18.2 Å². The lowest BCUT2D eigenvalue weighted by Crippen LogP contribution is -2.35. The Kier molecular flexibility index (Phi) is 6.20. The number of piperidine rings is 1. The molecule has 1 saturated heterocycles. The van der Waals surface area contributed by atoms with Gasteiger partial charge in [-0.1, -0.05) is 30.7 Å². The molecule has 0 radical (unpaired) electrons. The van der Waals surface area contributed by atoms with Crippen molar-refractivity contribution in [3.05, 3.63) is 64.7 Å². The number of sulfonamides is 1. The number of carbonyl (C=O) groups excluding carboxylic acids is 1. The van der Waals surface area contributed by atoms with E-state index in [0.717, 1.165) is 24.8 Å². The fourth-order valence-corrected chi connectivity index (χ4v) is 5.01. The first-order valence-electron chi connectivity index (χ1n) is 9.77. The van der Waals surface area contributed by atoms with Crippen LogP contribution in [0.15, 0.2) is 47.4 Å². The van der Waals surface area contributed by atoms with Crippen LogP contribution in [0.5, 0.6) is 0 Å². The van der Waals surface area contributed by atoms with Crippen molar-refractivity contribution in [3.8, 4) is 0 Å². The Balaban J connectivity index is 1.77. The minimum Gasteiger partial charge on any atom is -0.346 e. The molecule has 0 aliphatic carbocycles. The Morgan fingerprint density at radius 2 is 1.71 bits per heavy atom. The van der Waals surface area contributed by atoms with E-state index in [2.05, 4.69) is 18.3 Å². The van der Waals surface area contributed by atoms with Crippen LogP contribution in [0.3, 0.4) is 0 Å². The van der Waals surface area contributed by atoms with Gasteiger partial charge in [0, 0.05) is 18.7 Å². The third-order valence-corrected chi connectivity index (χ3v) is 7.32. The maximum absolute atomic E-state index is 12.9. The summed E-state index contributed by atoms with van der Waals surface area (Å²) in [5.74, 6) is -0.276. The van der Waals surface area contributed by atoms with Crippen LogP contribution < -0.4 is 5.32 Å². The number of hydrogen-bond donors (Lipinski definition) is 1. The van der Waals surface area contributed by atoms with Crippen LogP contribution in [0.2, 0.25) is 0 Å². The summed E-state index contributed by atoms with van der Waals surface area (Å²) in [6, 6.07) is 12.3. The Morgan fingerprint density at radius 1 is 1.00 bits per heavy atom. The molecule has 28 heavy (non-hydrogen) atoms. The van der Waals surface area contributed by atoms with E-state index >= 15 is 0 Å². The van der Waals surface area contributed by atoms with Gasteiger partial charge in [-0.05, 0) is 68.5 Å². The van der Waals surface area contributed by atoms with Gasteiger partial charge in [0.2, 0.25) is 10.0 Å². The molecule has 1 aliphatic rings. The molecule has 6 heteroatoms. The van der Waals surface area contributed by atoms with E-state index in [1.165, 1.54) is 21.5 Å². The normalized spacial score (nSPS) is 16.5. The van der Waals surface area contributed by atoms with Gasteiger partial charge in [-0.3, -0.25) is 4.79 Å². The van der Waals surface area contributed by atoms with Gasteiger partial charge in [0.15, 0.2) is 0 Å². The minimum absolute atomic E-state index is 0.172. The van der Waals surface area contributed by atoms with Gasteiger partial charge in [0.1, 0.15) is 0 Å². The molecule has 1 atom stereocenters. The highest BCUT2D eigenvalue weighted by Gasteiger charge is 2.26. The molecule has 1 heterocycles. The van der Waals surface area contributed by atoms with Crippen molar-refractivity contribution in [3.63, 3.8) is 0 Å². The zero-order valence-electron chi connectivity index (χ0n) is 16.7.